The van der Waals surface area contributed by atoms with Crippen molar-refractivity contribution >= 4 is 23.6 Å². The molecule has 0 bridgehead atoms. The minimum Gasteiger partial charge on any atom is -0.444 e. The van der Waals surface area contributed by atoms with Gasteiger partial charge in [0.2, 0.25) is 0 Å². The first-order valence-corrected chi connectivity index (χ1v) is 11.5. The standard InChI is InChI=1S/C26H34ClFN2O4/c1-25(2,3)30-23(32)19-12-11-18(27)13-17(19)15-22(31)21(29-24(33)34-26(4,5)6)14-16-9-7-8-10-20(16)28/h7-13,21-22,31H,14-15H2,1-6H3,(H,29,33)(H,30,32)/t21-,22-/m1/s1. The number of nitrogens with one attached hydrogen (secondary N) is 2. The van der Waals surface area contributed by atoms with Crippen LogP contribution < -0.4 is 10.6 Å². The van der Waals surface area contributed by atoms with Crippen molar-refractivity contribution in [1.29, 1.82) is 0 Å². The second kappa shape index (κ2) is 11.2. The number of rotatable bonds is 7. The van der Waals surface area contributed by atoms with E-state index in [-0.39, 0.29) is 18.7 Å². The predicted molar refractivity (Wildman–Crippen MR) is 132 cm³/mol. The van der Waals surface area contributed by atoms with E-state index in [1.54, 1.807) is 57.2 Å². The van der Waals surface area contributed by atoms with Crippen molar-refractivity contribution in [2.24, 2.45) is 0 Å². The normalized spacial score (nSPS) is 13.7. The van der Waals surface area contributed by atoms with E-state index in [1.807, 2.05) is 20.8 Å². The summed E-state index contributed by atoms with van der Waals surface area (Å²) in [5, 5.41) is 17.1. The molecule has 6 nitrogen and oxygen atoms in total. The summed E-state index contributed by atoms with van der Waals surface area (Å²) in [5.41, 5.74) is -0.00738. The average molecular weight is 493 g/mol. The lowest BCUT2D eigenvalue weighted by Crippen LogP contribution is -2.48. The van der Waals surface area contributed by atoms with Crippen molar-refractivity contribution in [3.05, 3.63) is 70.0 Å². The molecule has 0 heterocycles. The fourth-order valence-corrected chi connectivity index (χ4v) is 3.57. The quantitative estimate of drug-likeness (QED) is 0.505. The van der Waals surface area contributed by atoms with Gasteiger partial charge in [-0.05, 0) is 83.4 Å². The molecule has 0 unspecified atom stereocenters. The first kappa shape index (κ1) is 27.6. The SMILES string of the molecule is CC(C)(C)NC(=O)c1ccc(Cl)cc1C[C@@H](O)[C@@H](Cc1ccccc1F)NC(=O)OC(C)(C)C. The highest BCUT2D eigenvalue weighted by Gasteiger charge is 2.28. The van der Waals surface area contributed by atoms with Crippen LogP contribution in [0.25, 0.3) is 0 Å². The molecule has 0 aliphatic heterocycles. The van der Waals surface area contributed by atoms with Crippen LogP contribution in [-0.4, -0.2) is 40.4 Å². The van der Waals surface area contributed by atoms with Crippen LogP contribution >= 0.6 is 11.6 Å². The van der Waals surface area contributed by atoms with E-state index in [0.717, 1.165) is 0 Å². The predicted octanol–water partition coefficient (Wildman–Crippen LogP) is 5.05. The van der Waals surface area contributed by atoms with E-state index < -0.39 is 35.2 Å². The van der Waals surface area contributed by atoms with Crippen molar-refractivity contribution in [2.45, 2.75) is 77.7 Å². The number of halogens is 2. The monoisotopic (exact) mass is 492 g/mol. The maximum absolute atomic E-state index is 14.3. The number of aliphatic hydroxyl groups excluding tert-OH is 1. The number of hydrogen-bond donors (Lipinski definition) is 3. The van der Waals surface area contributed by atoms with Crippen LogP contribution in [0.4, 0.5) is 9.18 Å². The van der Waals surface area contributed by atoms with E-state index in [4.69, 9.17) is 16.3 Å². The summed E-state index contributed by atoms with van der Waals surface area (Å²) in [7, 11) is 0. The van der Waals surface area contributed by atoms with Gasteiger partial charge in [-0.3, -0.25) is 4.79 Å². The van der Waals surface area contributed by atoms with Crippen molar-refractivity contribution < 1.29 is 23.8 Å². The van der Waals surface area contributed by atoms with Gasteiger partial charge in [0.1, 0.15) is 11.4 Å². The minimum atomic E-state index is -1.16. The van der Waals surface area contributed by atoms with Crippen LogP contribution in [0.2, 0.25) is 5.02 Å². The molecule has 2 aromatic carbocycles. The molecule has 0 aromatic heterocycles. The highest BCUT2D eigenvalue weighted by molar-refractivity contribution is 6.30. The van der Waals surface area contributed by atoms with Crippen molar-refractivity contribution in [1.82, 2.24) is 10.6 Å². The number of aliphatic hydroxyl groups is 1. The third kappa shape index (κ3) is 8.95. The van der Waals surface area contributed by atoms with Crippen LogP contribution in [0.15, 0.2) is 42.5 Å². The zero-order chi connectivity index (χ0) is 25.7. The summed E-state index contributed by atoms with van der Waals surface area (Å²) in [6.45, 7) is 10.8. The zero-order valence-corrected chi connectivity index (χ0v) is 21.3. The lowest BCUT2D eigenvalue weighted by atomic mass is 9.93. The zero-order valence-electron chi connectivity index (χ0n) is 20.5. The average Bonchev–Trinajstić information content (AvgIpc) is 2.66. The Morgan fingerprint density at radius 1 is 1.03 bits per heavy atom. The molecule has 0 saturated carbocycles. The van der Waals surface area contributed by atoms with Crippen molar-refractivity contribution in [2.75, 3.05) is 0 Å². The van der Waals surface area contributed by atoms with E-state index in [2.05, 4.69) is 10.6 Å². The van der Waals surface area contributed by atoms with E-state index in [9.17, 15) is 19.1 Å². The fourth-order valence-electron chi connectivity index (χ4n) is 3.37. The third-order valence-corrected chi connectivity index (χ3v) is 5.03. The summed E-state index contributed by atoms with van der Waals surface area (Å²) in [5.74, 6) is -0.754. The van der Waals surface area contributed by atoms with Gasteiger partial charge < -0.3 is 20.5 Å². The summed E-state index contributed by atoms with van der Waals surface area (Å²) in [4.78, 5) is 25.3. The molecule has 2 amide bonds. The van der Waals surface area contributed by atoms with Gasteiger partial charge in [-0.25, -0.2) is 9.18 Å². The smallest absolute Gasteiger partial charge is 0.407 e. The molecule has 2 aromatic rings. The number of alkyl carbamates (subject to hydrolysis) is 1. The first-order valence-electron chi connectivity index (χ1n) is 11.2. The summed E-state index contributed by atoms with van der Waals surface area (Å²) in [6, 6.07) is 10.1. The van der Waals surface area contributed by atoms with Crippen LogP contribution in [0.5, 0.6) is 0 Å². The molecular weight excluding hydrogens is 459 g/mol. The third-order valence-electron chi connectivity index (χ3n) is 4.79. The number of hydrogen-bond acceptors (Lipinski definition) is 4. The molecule has 2 rings (SSSR count). The Morgan fingerprint density at radius 3 is 2.26 bits per heavy atom. The van der Waals surface area contributed by atoms with E-state index >= 15 is 0 Å². The molecule has 0 saturated heterocycles. The fraction of sp³-hybridized carbons (Fsp3) is 0.462. The second-order valence-electron chi connectivity index (χ2n) is 10.3. The Kier molecular flexibility index (Phi) is 9.08. The van der Waals surface area contributed by atoms with Gasteiger partial charge in [0.05, 0.1) is 12.1 Å². The number of benzene rings is 2. The van der Waals surface area contributed by atoms with Crippen molar-refractivity contribution in [3.63, 3.8) is 0 Å². The molecule has 0 aliphatic carbocycles. The topological polar surface area (TPSA) is 87.7 Å². The Morgan fingerprint density at radius 2 is 1.68 bits per heavy atom. The highest BCUT2D eigenvalue weighted by atomic mass is 35.5. The van der Waals surface area contributed by atoms with Gasteiger partial charge in [-0.2, -0.15) is 0 Å². The minimum absolute atomic E-state index is 0.00235. The first-order chi connectivity index (χ1) is 15.6. The van der Waals surface area contributed by atoms with Crippen LogP contribution in [0.3, 0.4) is 0 Å². The molecule has 34 heavy (non-hydrogen) atoms. The Labute approximate surface area is 205 Å². The molecule has 0 radical (unpaired) electrons. The van der Waals surface area contributed by atoms with Gasteiger partial charge in [0, 0.05) is 22.5 Å². The van der Waals surface area contributed by atoms with Gasteiger partial charge in [0.25, 0.3) is 5.91 Å². The number of ether oxygens (including phenoxy) is 1. The highest BCUT2D eigenvalue weighted by Crippen LogP contribution is 2.21. The Balaban J connectivity index is 2.33. The summed E-state index contributed by atoms with van der Waals surface area (Å²) < 4.78 is 19.7. The molecule has 0 fully saturated rings. The molecule has 8 heteroatoms. The largest absolute Gasteiger partial charge is 0.444 e. The Hall–Kier alpha value is -2.64. The number of amides is 2. The Bertz CT molecular complexity index is 1010. The van der Waals surface area contributed by atoms with Gasteiger partial charge in [0.15, 0.2) is 0 Å². The summed E-state index contributed by atoms with van der Waals surface area (Å²) >= 11 is 6.17. The van der Waals surface area contributed by atoms with Gasteiger partial charge in [-0.1, -0.05) is 29.8 Å². The molecule has 186 valence electrons. The van der Waals surface area contributed by atoms with Crippen LogP contribution in [0.1, 0.15) is 63.0 Å². The molecule has 2 atom stereocenters. The number of carbonyl (C=O) groups is 2. The molecule has 3 N–H and O–H groups in total. The number of carbonyl (C=O) groups excluding carboxylic acids is 2. The molecule has 0 aliphatic rings. The molecular formula is C26H34ClFN2O4. The maximum atomic E-state index is 14.3. The maximum Gasteiger partial charge on any atom is 0.407 e. The lowest BCUT2D eigenvalue weighted by molar-refractivity contribution is 0.0421. The lowest BCUT2D eigenvalue weighted by Gasteiger charge is -2.28. The van der Waals surface area contributed by atoms with Gasteiger partial charge in [-0.15, -0.1) is 0 Å². The summed E-state index contributed by atoms with van der Waals surface area (Å²) in [6.07, 6.45) is -1.86. The van der Waals surface area contributed by atoms with Crippen molar-refractivity contribution in [3.8, 4) is 0 Å². The van der Waals surface area contributed by atoms with E-state index in [0.29, 0.717) is 21.7 Å². The van der Waals surface area contributed by atoms with Gasteiger partial charge >= 0.3 is 6.09 Å². The van der Waals surface area contributed by atoms with Crippen LogP contribution in [0, 0.1) is 5.82 Å². The molecule has 0 spiro atoms. The van der Waals surface area contributed by atoms with E-state index in [1.165, 1.54) is 6.07 Å². The van der Waals surface area contributed by atoms with Crippen LogP contribution in [-0.2, 0) is 17.6 Å². The second-order valence-corrected chi connectivity index (χ2v) is 10.8.